The first kappa shape index (κ1) is 11.6. The lowest BCUT2D eigenvalue weighted by atomic mass is 9.79. The molecule has 1 saturated carbocycles. The lowest BCUT2D eigenvalue weighted by Gasteiger charge is -2.09. The van der Waals surface area contributed by atoms with Gasteiger partial charge in [-0.3, -0.25) is 4.68 Å². The molecule has 1 aromatic heterocycles. The smallest absolute Gasteiger partial charge is 0.492 e. The van der Waals surface area contributed by atoms with Gasteiger partial charge in [-0.1, -0.05) is 0 Å². The molecule has 6 heteroatoms. The van der Waals surface area contributed by atoms with E-state index < -0.39 is 7.12 Å². The van der Waals surface area contributed by atoms with Crippen molar-refractivity contribution in [3.8, 4) is 5.75 Å². The van der Waals surface area contributed by atoms with Gasteiger partial charge in [-0.15, -0.1) is 0 Å². The van der Waals surface area contributed by atoms with Gasteiger partial charge < -0.3 is 14.8 Å². The van der Waals surface area contributed by atoms with E-state index in [9.17, 15) is 10.0 Å². The van der Waals surface area contributed by atoms with Gasteiger partial charge in [-0.05, 0) is 30.9 Å². The van der Waals surface area contributed by atoms with Crippen LogP contribution in [0.3, 0.4) is 0 Å². The summed E-state index contributed by atoms with van der Waals surface area (Å²) in [4.78, 5) is 0. The Kier molecular flexibility index (Phi) is 2.76. The third-order valence-electron chi connectivity index (χ3n) is 3.40. The normalized spacial score (nSPS) is 15.1. The Balaban J connectivity index is 2.09. The van der Waals surface area contributed by atoms with Crippen LogP contribution in [-0.4, -0.2) is 34.1 Å². The Morgan fingerprint density at radius 2 is 2.22 bits per heavy atom. The molecule has 18 heavy (non-hydrogen) atoms. The number of rotatable bonds is 4. The molecule has 2 N–H and O–H groups in total. The van der Waals surface area contributed by atoms with Crippen molar-refractivity contribution in [2.45, 2.75) is 19.4 Å². The molecule has 2 aromatic rings. The second-order valence-corrected chi connectivity index (χ2v) is 4.80. The van der Waals surface area contributed by atoms with E-state index in [2.05, 4.69) is 5.10 Å². The predicted molar refractivity (Wildman–Crippen MR) is 68.8 cm³/mol. The van der Waals surface area contributed by atoms with Crippen molar-refractivity contribution in [1.29, 1.82) is 0 Å². The number of aromatic nitrogens is 2. The van der Waals surface area contributed by atoms with Crippen molar-refractivity contribution in [3.63, 3.8) is 0 Å². The van der Waals surface area contributed by atoms with Gasteiger partial charge >= 0.3 is 7.12 Å². The van der Waals surface area contributed by atoms with Gasteiger partial charge in [0.05, 0.1) is 18.8 Å². The SMILES string of the molecule is COc1cc2cnn(CC3CC3)c2cc1B(O)O. The highest BCUT2D eigenvalue weighted by molar-refractivity contribution is 6.60. The van der Waals surface area contributed by atoms with E-state index in [0.29, 0.717) is 11.2 Å². The summed E-state index contributed by atoms with van der Waals surface area (Å²) in [5.41, 5.74) is 1.30. The van der Waals surface area contributed by atoms with Crippen molar-refractivity contribution in [1.82, 2.24) is 9.78 Å². The van der Waals surface area contributed by atoms with Crippen LogP contribution in [0.2, 0.25) is 0 Å². The molecule has 0 bridgehead atoms. The van der Waals surface area contributed by atoms with Crippen molar-refractivity contribution in [2.24, 2.45) is 5.92 Å². The Morgan fingerprint density at radius 1 is 1.44 bits per heavy atom. The Hall–Kier alpha value is -1.53. The maximum absolute atomic E-state index is 9.36. The molecular weight excluding hydrogens is 231 g/mol. The predicted octanol–water partition coefficient (Wildman–Crippen LogP) is 0.135. The van der Waals surface area contributed by atoms with Gasteiger partial charge in [0, 0.05) is 17.4 Å². The molecule has 1 heterocycles. The van der Waals surface area contributed by atoms with Gasteiger partial charge in [0.25, 0.3) is 0 Å². The number of benzene rings is 1. The van der Waals surface area contributed by atoms with E-state index in [4.69, 9.17) is 4.74 Å². The fourth-order valence-electron chi connectivity index (χ4n) is 2.19. The summed E-state index contributed by atoms with van der Waals surface area (Å²) in [7, 11) is -0.0181. The molecule has 1 aromatic carbocycles. The van der Waals surface area contributed by atoms with E-state index in [1.165, 1.54) is 20.0 Å². The highest BCUT2D eigenvalue weighted by atomic mass is 16.5. The number of nitrogens with zero attached hydrogens (tertiary/aromatic N) is 2. The Bertz CT molecular complexity index is 578. The molecule has 1 aliphatic carbocycles. The maximum atomic E-state index is 9.36. The van der Waals surface area contributed by atoms with Crippen molar-refractivity contribution in [3.05, 3.63) is 18.3 Å². The molecule has 5 nitrogen and oxygen atoms in total. The van der Waals surface area contributed by atoms with Crippen LogP contribution in [0.15, 0.2) is 18.3 Å². The zero-order chi connectivity index (χ0) is 12.7. The maximum Gasteiger partial charge on any atom is 0.492 e. The van der Waals surface area contributed by atoms with Crippen LogP contribution in [0.1, 0.15) is 12.8 Å². The molecule has 0 saturated heterocycles. The fraction of sp³-hybridized carbons (Fsp3) is 0.417. The summed E-state index contributed by atoms with van der Waals surface area (Å²) in [6.45, 7) is 0.900. The number of methoxy groups -OCH3 is 1. The molecule has 1 aliphatic rings. The number of ether oxygens (including phenoxy) is 1. The fourth-order valence-corrected chi connectivity index (χ4v) is 2.19. The van der Waals surface area contributed by atoms with Gasteiger partial charge in [-0.25, -0.2) is 0 Å². The molecule has 3 rings (SSSR count). The molecule has 0 radical (unpaired) electrons. The van der Waals surface area contributed by atoms with Gasteiger partial charge in [0.1, 0.15) is 5.75 Å². The Morgan fingerprint density at radius 3 is 2.83 bits per heavy atom. The minimum absolute atomic E-state index is 0.377. The average molecular weight is 246 g/mol. The van der Waals surface area contributed by atoms with Crippen LogP contribution in [-0.2, 0) is 6.54 Å². The number of hydrogen-bond donors (Lipinski definition) is 2. The van der Waals surface area contributed by atoms with E-state index in [1.54, 1.807) is 18.3 Å². The van der Waals surface area contributed by atoms with Crippen LogP contribution >= 0.6 is 0 Å². The molecule has 0 spiro atoms. The number of fused-ring (bicyclic) bond motifs is 1. The first-order chi connectivity index (χ1) is 8.69. The second-order valence-electron chi connectivity index (χ2n) is 4.80. The number of hydrogen-bond acceptors (Lipinski definition) is 4. The lowest BCUT2D eigenvalue weighted by molar-refractivity contribution is 0.403. The van der Waals surface area contributed by atoms with Gasteiger partial charge in [-0.2, -0.15) is 5.10 Å². The zero-order valence-corrected chi connectivity index (χ0v) is 10.2. The zero-order valence-electron chi connectivity index (χ0n) is 10.2. The van der Waals surface area contributed by atoms with E-state index >= 15 is 0 Å². The van der Waals surface area contributed by atoms with E-state index in [0.717, 1.165) is 23.4 Å². The molecular formula is C12H15BN2O3. The summed E-state index contributed by atoms with van der Waals surface area (Å²) in [5, 5.41) is 24.0. The van der Waals surface area contributed by atoms with Crippen molar-refractivity contribution < 1.29 is 14.8 Å². The summed E-state index contributed by atoms with van der Waals surface area (Å²) in [5.74, 6) is 1.20. The molecule has 0 aliphatic heterocycles. The first-order valence-electron chi connectivity index (χ1n) is 6.08. The molecule has 94 valence electrons. The first-order valence-corrected chi connectivity index (χ1v) is 6.08. The van der Waals surface area contributed by atoms with Crippen LogP contribution in [0.5, 0.6) is 5.75 Å². The summed E-state index contributed by atoms with van der Waals surface area (Å²) >= 11 is 0. The summed E-state index contributed by atoms with van der Waals surface area (Å²) in [6.07, 6.45) is 4.30. The summed E-state index contributed by atoms with van der Waals surface area (Å²) in [6, 6.07) is 3.54. The van der Waals surface area contributed by atoms with Gasteiger partial charge in [0.2, 0.25) is 0 Å². The monoisotopic (exact) mass is 246 g/mol. The second kappa shape index (κ2) is 4.30. The highest BCUT2D eigenvalue weighted by Crippen LogP contribution is 2.31. The minimum Gasteiger partial charge on any atom is -0.497 e. The molecule has 1 fully saturated rings. The lowest BCUT2D eigenvalue weighted by Crippen LogP contribution is -2.31. The molecule has 0 amide bonds. The van der Waals surface area contributed by atoms with Crippen LogP contribution in [0.4, 0.5) is 0 Å². The van der Waals surface area contributed by atoms with Crippen LogP contribution < -0.4 is 10.2 Å². The molecule has 0 unspecified atom stereocenters. The van der Waals surface area contributed by atoms with Crippen molar-refractivity contribution in [2.75, 3.05) is 7.11 Å². The highest BCUT2D eigenvalue weighted by Gasteiger charge is 2.24. The largest absolute Gasteiger partial charge is 0.497 e. The quantitative estimate of drug-likeness (QED) is 0.753. The van der Waals surface area contributed by atoms with E-state index in [1.807, 2.05) is 4.68 Å². The summed E-state index contributed by atoms with van der Waals surface area (Å²) < 4.78 is 7.09. The minimum atomic E-state index is -1.53. The van der Waals surface area contributed by atoms with Crippen LogP contribution in [0.25, 0.3) is 10.9 Å². The Labute approximate surface area is 105 Å². The molecule has 0 atom stereocenters. The van der Waals surface area contributed by atoms with Crippen LogP contribution in [0, 0.1) is 5.92 Å². The average Bonchev–Trinajstić information content (AvgIpc) is 3.09. The third kappa shape index (κ3) is 1.98. The topological polar surface area (TPSA) is 67.5 Å². The van der Waals surface area contributed by atoms with E-state index in [-0.39, 0.29) is 0 Å². The standard InChI is InChI=1S/C12H15BN2O3/c1-18-12-4-9-6-14-15(7-8-2-3-8)11(9)5-10(12)13(16)17/h4-6,8,16-17H,2-3,7H2,1H3. The van der Waals surface area contributed by atoms with Crippen molar-refractivity contribution >= 4 is 23.5 Å². The third-order valence-corrected chi connectivity index (χ3v) is 3.40. The van der Waals surface area contributed by atoms with Gasteiger partial charge in [0.15, 0.2) is 0 Å².